The molecule has 1 amide bonds. The zero-order chi connectivity index (χ0) is 18.5. The number of carbonyl (C=O) groups excluding carboxylic acids is 1. The summed E-state index contributed by atoms with van der Waals surface area (Å²) in [4.78, 5) is 17.4. The van der Waals surface area contributed by atoms with Crippen molar-refractivity contribution >= 4 is 17.5 Å². The number of piperazine rings is 1. The first-order valence-electron chi connectivity index (χ1n) is 9.38. The van der Waals surface area contributed by atoms with Crippen LogP contribution in [0, 0.1) is 0 Å². The van der Waals surface area contributed by atoms with Gasteiger partial charge in [0.1, 0.15) is 0 Å². The van der Waals surface area contributed by atoms with Gasteiger partial charge < -0.3 is 19.7 Å². The van der Waals surface area contributed by atoms with Crippen LogP contribution in [-0.2, 0) is 0 Å². The van der Waals surface area contributed by atoms with Crippen LogP contribution in [0.5, 0.6) is 11.5 Å². The van der Waals surface area contributed by atoms with Crippen LogP contribution in [0.25, 0.3) is 0 Å². The molecule has 1 atom stereocenters. The highest BCUT2D eigenvalue weighted by Gasteiger charge is 2.32. The van der Waals surface area contributed by atoms with Gasteiger partial charge in [-0.25, -0.2) is 0 Å². The lowest BCUT2D eigenvalue weighted by molar-refractivity contribution is 0.0773. The Kier molecular flexibility index (Phi) is 6.62. The number of benzene rings is 1. The number of methoxy groups -OCH3 is 1. The van der Waals surface area contributed by atoms with Gasteiger partial charge in [-0.1, -0.05) is 18.5 Å². The number of likely N-dealkylation sites (tertiary alicyclic amines) is 1. The first kappa shape index (κ1) is 19.3. The summed E-state index contributed by atoms with van der Waals surface area (Å²) in [5, 5.41) is 3.79. The monoisotopic (exact) mass is 381 g/mol. The molecule has 2 saturated heterocycles. The number of nitrogens with zero attached hydrogens (tertiary/aromatic N) is 2. The highest BCUT2D eigenvalue weighted by Crippen LogP contribution is 2.37. The first-order chi connectivity index (χ1) is 12.6. The Morgan fingerprint density at radius 2 is 2.08 bits per heavy atom. The molecule has 0 radical (unpaired) electrons. The van der Waals surface area contributed by atoms with E-state index in [1.165, 1.54) is 0 Å². The molecular formula is C19H28ClN3O3. The van der Waals surface area contributed by atoms with Crippen molar-refractivity contribution in [2.75, 3.05) is 53.0 Å². The third-order valence-corrected chi connectivity index (χ3v) is 5.33. The van der Waals surface area contributed by atoms with Crippen molar-refractivity contribution < 1.29 is 14.3 Å². The van der Waals surface area contributed by atoms with Crippen molar-refractivity contribution in [1.29, 1.82) is 0 Å². The van der Waals surface area contributed by atoms with Gasteiger partial charge in [0, 0.05) is 50.9 Å². The number of amides is 1. The molecule has 0 spiro atoms. The molecule has 7 heteroatoms. The molecule has 1 aromatic carbocycles. The molecule has 6 nitrogen and oxygen atoms in total. The first-order valence-corrected chi connectivity index (χ1v) is 9.76. The fraction of sp³-hybridized carbons (Fsp3) is 0.632. The summed E-state index contributed by atoms with van der Waals surface area (Å²) >= 11 is 6.36. The molecule has 0 saturated carbocycles. The maximum Gasteiger partial charge on any atom is 0.254 e. The highest BCUT2D eigenvalue weighted by atomic mass is 35.5. The molecule has 0 aliphatic carbocycles. The Balaban J connectivity index is 1.70. The molecular weight excluding hydrogens is 354 g/mol. The molecule has 2 aliphatic rings. The van der Waals surface area contributed by atoms with Crippen LogP contribution >= 0.6 is 11.6 Å². The summed E-state index contributed by atoms with van der Waals surface area (Å²) in [7, 11) is 1.56. The van der Waals surface area contributed by atoms with Crippen LogP contribution in [0.3, 0.4) is 0 Å². The molecule has 2 aliphatic heterocycles. The van der Waals surface area contributed by atoms with E-state index in [4.69, 9.17) is 21.1 Å². The second-order valence-corrected chi connectivity index (χ2v) is 7.22. The molecule has 0 aromatic heterocycles. The van der Waals surface area contributed by atoms with Crippen molar-refractivity contribution in [3.05, 3.63) is 22.7 Å². The van der Waals surface area contributed by atoms with Crippen molar-refractivity contribution in [2.24, 2.45) is 0 Å². The Morgan fingerprint density at radius 3 is 2.77 bits per heavy atom. The zero-order valence-corrected chi connectivity index (χ0v) is 16.3. The minimum atomic E-state index is 0.00451. The van der Waals surface area contributed by atoms with Crippen LogP contribution in [0.2, 0.25) is 5.02 Å². The van der Waals surface area contributed by atoms with Gasteiger partial charge >= 0.3 is 0 Å². The van der Waals surface area contributed by atoms with E-state index in [1.807, 2.05) is 11.8 Å². The third-order valence-electron chi connectivity index (χ3n) is 5.05. The van der Waals surface area contributed by atoms with Gasteiger partial charge in [0.25, 0.3) is 5.91 Å². The van der Waals surface area contributed by atoms with Crippen LogP contribution in [0.1, 0.15) is 30.1 Å². The largest absolute Gasteiger partial charge is 0.493 e. The smallest absolute Gasteiger partial charge is 0.254 e. The van der Waals surface area contributed by atoms with E-state index in [9.17, 15) is 4.79 Å². The van der Waals surface area contributed by atoms with Gasteiger partial charge in [-0.05, 0) is 25.0 Å². The molecule has 26 heavy (non-hydrogen) atoms. The predicted molar refractivity (Wildman–Crippen MR) is 103 cm³/mol. The van der Waals surface area contributed by atoms with Gasteiger partial charge in [-0.2, -0.15) is 0 Å². The van der Waals surface area contributed by atoms with E-state index >= 15 is 0 Å². The van der Waals surface area contributed by atoms with E-state index in [1.54, 1.807) is 19.2 Å². The van der Waals surface area contributed by atoms with Crippen molar-refractivity contribution in [1.82, 2.24) is 15.1 Å². The van der Waals surface area contributed by atoms with E-state index < -0.39 is 0 Å². The fourth-order valence-corrected chi connectivity index (χ4v) is 3.91. The molecule has 3 rings (SSSR count). The van der Waals surface area contributed by atoms with E-state index in [-0.39, 0.29) is 5.91 Å². The maximum absolute atomic E-state index is 13.0. The Bertz CT molecular complexity index is 635. The number of carbonyl (C=O) groups is 1. The lowest BCUT2D eigenvalue weighted by Crippen LogP contribution is -2.49. The number of ether oxygens (including phenoxy) is 2. The quantitative estimate of drug-likeness (QED) is 0.819. The van der Waals surface area contributed by atoms with Crippen LogP contribution in [0.15, 0.2) is 12.1 Å². The maximum atomic E-state index is 13.0. The van der Waals surface area contributed by atoms with Crippen molar-refractivity contribution in [3.63, 3.8) is 0 Å². The topological polar surface area (TPSA) is 54.0 Å². The predicted octanol–water partition coefficient (Wildman–Crippen LogP) is 2.26. The second kappa shape index (κ2) is 8.93. The van der Waals surface area contributed by atoms with Crippen LogP contribution < -0.4 is 14.8 Å². The third kappa shape index (κ3) is 4.24. The normalized spacial score (nSPS) is 21.0. The summed E-state index contributed by atoms with van der Waals surface area (Å²) in [5.41, 5.74) is 0.552. The molecule has 144 valence electrons. The fourth-order valence-electron chi connectivity index (χ4n) is 3.64. The van der Waals surface area contributed by atoms with Crippen molar-refractivity contribution in [2.45, 2.75) is 25.8 Å². The molecule has 1 N–H and O–H groups in total. The highest BCUT2D eigenvalue weighted by molar-refractivity contribution is 6.32. The number of hydrogen-bond acceptors (Lipinski definition) is 5. The summed E-state index contributed by atoms with van der Waals surface area (Å²) in [6, 6.07) is 3.87. The second-order valence-electron chi connectivity index (χ2n) is 6.82. The summed E-state index contributed by atoms with van der Waals surface area (Å²) in [6.07, 6.45) is 1.90. The molecule has 1 unspecified atom stereocenters. The summed E-state index contributed by atoms with van der Waals surface area (Å²) in [6.45, 7) is 8.29. The van der Waals surface area contributed by atoms with Crippen LogP contribution in [0.4, 0.5) is 0 Å². The zero-order valence-electron chi connectivity index (χ0n) is 15.6. The summed E-state index contributed by atoms with van der Waals surface area (Å²) in [5.74, 6) is 1.02. The Morgan fingerprint density at radius 1 is 1.31 bits per heavy atom. The van der Waals surface area contributed by atoms with Gasteiger partial charge in [0.2, 0.25) is 0 Å². The average Bonchev–Trinajstić information content (AvgIpc) is 3.16. The molecule has 1 aromatic rings. The molecule has 2 heterocycles. The Hall–Kier alpha value is -1.50. The van der Waals surface area contributed by atoms with Crippen molar-refractivity contribution in [3.8, 4) is 11.5 Å². The Labute approximate surface area is 160 Å². The standard InChI is InChI=1S/C19H28ClN3O3/c1-3-10-26-18-16(20)11-14(12-17(18)25-2)19(24)23-7-4-15(13-23)22-8-5-21-6-9-22/h11-12,15,21H,3-10,13H2,1-2H3. The van der Waals surface area contributed by atoms with Gasteiger partial charge in [-0.3, -0.25) is 9.69 Å². The molecule has 2 fully saturated rings. The number of nitrogens with one attached hydrogen (secondary N) is 1. The number of halogens is 1. The van der Waals surface area contributed by atoms with Gasteiger partial charge in [-0.15, -0.1) is 0 Å². The van der Waals surface area contributed by atoms with Gasteiger partial charge in [0.05, 0.1) is 18.7 Å². The minimum absolute atomic E-state index is 0.00451. The lowest BCUT2D eigenvalue weighted by Gasteiger charge is -2.32. The SMILES string of the molecule is CCCOc1c(Cl)cc(C(=O)N2CCC(N3CCNCC3)C2)cc1OC. The van der Waals surface area contributed by atoms with Gasteiger partial charge in [0.15, 0.2) is 11.5 Å². The summed E-state index contributed by atoms with van der Waals surface area (Å²) < 4.78 is 11.1. The molecule has 0 bridgehead atoms. The minimum Gasteiger partial charge on any atom is -0.493 e. The number of rotatable bonds is 6. The van der Waals surface area contributed by atoms with E-state index in [2.05, 4.69) is 10.2 Å². The van der Waals surface area contributed by atoms with Crippen LogP contribution in [-0.4, -0.2) is 74.7 Å². The number of hydrogen-bond donors (Lipinski definition) is 1. The van der Waals surface area contributed by atoms with E-state index in [0.29, 0.717) is 34.7 Å². The lowest BCUT2D eigenvalue weighted by atomic mass is 10.1. The van der Waals surface area contributed by atoms with E-state index in [0.717, 1.165) is 52.1 Å². The average molecular weight is 382 g/mol.